The molecule has 6 heteroatoms. The standard InChI is InChI=1S/C13H10F2N2O2/c1-8(18)9-5-6-12(19)17(7-9)11-4-2-3-10(16-15)13(11)14/h2-7,16H,1H3. The third-order valence-corrected chi connectivity index (χ3v) is 2.66. The first-order valence-electron chi connectivity index (χ1n) is 5.44. The molecule has 2 aromatic rings. The number of hydrogen-bond acceptors (Lipinski definition) is 3. The lowest BCUT2D eigenvalue weighted by atomic mass is 10.2. The summed E-state index contributed by atoms with van der Waals surface area (Å²) in [4.78, 5) is 23.0. The first-order valence-corrected chi connectivity index (χ1v) is 5.44. The highest BCUT2D eigenvalue weighted by molar-refractivity contribution is 5.93. The average Bonchev–Trinajstić information content (AvgIpc) is 2.39. The third-order valence-electron chi connectivity index (χ3n) is 2.66. The predicted molar refractivity (Wildman–Crippen MR) is 66.7 cm³/mol. The summed E-state index contributed by atoms with van der Waals surface area (Å²) < 4.78 is 27.2. The number of ketones is 1. The van der Waals surface area contributed by atoms with Gasteiger partial charge in [0.25, 0.3) is 5.56 Å². The third kappa shape index (κ3) is 2.37. The Balaban J connectivity index is 2.68. The van der Waals surface area contributed by atoms with Crippen LogP contribution < -0.4 is 11.1 Å². The minimum absolute atomic E-state index is 0.129. The Morgan fingerprint density at radius 2 is 2.00 bits per heavy atom. The molecule has 0 saturated heterocycles. The number of hydrogen-bond donors (Lipinski definition) is 1. The van der Waals surface area contributed by atoms with Gasteiger partial charge in [-0.1, -0.05) is 6.07 Å². The van der Waals surface area contributed by atoms with Crippen LogP contribution in [0.15, 0.2) is 41.3 Å². The van der Waals surface area contributed by atoms with Gasteiger partial charge in [0.1, 0.15) is 5.69 Å². The first kappa shape index (κ1) is 12.9. The highest BCUT2D eigenvalue weighted by atomic mass is 19.2. The molecule has 0 unspecified atom stereocenters. The van der Waals surface area contributed by atoms with Gasteiger partial charge in [-0.3, -0.25) is 14.2 Å². The summed E-state index contributed by atoms with van der Waals surface area (Å²) in [6.07, 6.45) is 1.23. The van der Waals surface area contributed by atoms with Gasteiger partial charge in [0.2, 0.25) is 0 Å². The normalized spacial score (nSPS) is 10.3. The van der Waals surface area contributed by atoms with Crippen LogP contribution in [0.5, 0.6) is 0 Å². The first-order chi connectivity index (χ1) is 9.04. The molecular formula is C13H10F2N2O2. The smallest absolute Gasteiger partial charge is 0.255 e. The lowest BCUT2D eigenvalue weighted by molar-refractivity contribution is 0.101. The van der Waals surface area contributed by atoms with Crippen molar-refractivity contribution in [2.24, 2.45) is 0 Å². The Labute approximate surface area is 107 Å². The van der Waals surface area contributed by atoms with E-state index in [9.17, 15) is 18.5 Å². The number of Topliss-reactive ketones (excluding diaryl/α,β-unsaturated/α-hetero) is 1. The maximum atomic E-state index is 13.9. The van der Waals surface area contributed by atoms with Crippen molar-refractivity contribution >= 4 is 11.5 Å². The lowest BCUT2D eigenvalue weighted by Gasteiger charge is -2.09. The molecule has 0 spiro atoms. The summed E-state index contributed by atoms with van der Waals surface area (Å²) in [6, 6.07) is 6.43. The molecular weight excluding hydrogens is 254 g/mol. The molecule has 2 rings (SSSR count). The van der Waals surface area contributed by atoms with Crippen molar-refractivity contribution in [1.29, 1.82) is 0 Å². The van der Waals surface area contributed by atoms with Crippen LogP contribution in [0.1, 0.15) is 17.3 Å². The van der Waals surface area contributed by atoms with E-state index in [1.807, 2.05) is 0 Å². The summed E-state index contributed by atoms with van der Waals surface area (Å²) in [5, 5.41) is 0. The molecule has 19 heavy (non-hydrogen) atoms. The molecule has 0 bridgehead atoms. The van der Waals surface area contributed by atoms with Gasteiger partial charge in [0, 0.05) is 17.8 Å². The van der Waals surface area contributed by atoms with Crippen molar-refractivity contribution in [2.75, 3.05) is 5.54 Å². The molecule has 0 atom stereocenters. The second-order valence-electron chi connectivity index (χ2n) is 3.92. The van der Waals surface area contributed by atoms with Crippen molar-refractivity contribution < 1.29 is 13.7 Å². The van der Waals surface area contributed by atoms with E-state index in [4.69, 9.17) is 0 Å². The van der Waals surface area contributed by atoms with Crippen molar-refractivity contribution in [2.45, 2.75) is 6.92 Å². The molecule has 4 nitrogen and oxygen atoms in total. The van der Waals surface area contributed by atoms with Crippen LogP contribution in [0, 0.1) is 5.82 Å². The summed E-state index contributed by atoms with van der Waals surface area (Å²) in [6.45, 7) is 1.33. The van der Waals surface area contributed by atoms with Crippen molar-refractivity contribution in [3.63, 3.8) is 0 Å². The number of carbonyl (C=O) groups excluding carboxylic acids is 1. The molecule has 0 fully saturated rings. The molecule has 1 aromatic heterocycles. The molecule has 1 aromatic carbocycles. The molecule has 0 saturated carbocycles. The summed E-state index contributed by atoms with van der Waals surface area (Å²) in [7, 11) is 0. The van der Waals surface area contributed by atoms with Crippen LogP contribution in [0.25, 0.3) is 5.69 Å². The molecule has 0 aliphatic carbocycles. The van der Waals surface area contributed by atoms with E-state index in [2.05, 4.69) is 0 Å². The van der Waals surface area contributed by atoms with Crippen molar-refractivity contribution in [1.82, 2.24) is 4.57 Å². The fourth-order valence-electron chi connectivity index (χ4n) is 1.66. The van der Waals surface area contributed by atoms with Gasteiger partial charge in [0.15, 0.2) is 11.6 Å². The largest absolute Gasteiger partial charge is 0.294 e. The Bertz CT molecular complexity index is 695. The van der Waals surface area contributed by atoms with Gasteiger partial charge in [-0.2, -0.15) is 0 Å². The van der Waals surface area contributed by atoms with Crippen LogP contribution in [0.3, 0.4) is 0 Å². The van der Waals surface area contributed by atoms with E-state index < -0.39 is 11.4 Å². The number of benzene rings is 1. The number of carbonyl (C=O) groups is 1. The maximum Gasteiger partial charge on any atom is 0.255 e. The van der Waals surface area contributed by atoms with Gasteiger partial charge in [-0.05, 0) is 25.1 Å². The number of anilines is 1. The SMILES string of the molecule is CC(=O)c1ccc(=O)n(-c2cccc(NF)c2F)c1. The number of halogens is 2. The molecule has 98 valence electrons. The summed E-state index contributed by atoms with van der Waals surface area (Å²) >= 11 is 0. The van der Waals surface area contributed by atoms with E-state index >= 15 is 0 Å². The van der Waals surface area contributed by atoms with E-state index in [1.165, 1.54) is 42.9 Å². The predicted octanol–water partition coefficient (Wildman–Crippen LogP) is 2.48. The highest BCUT2D eigenvalue weighted by Gasteiger charge is 2.12. The number of aromatic nitrogens is 1. The number of nitrogens with zero attached hydrogens (tertiary/aromatic N) is 1. The van der Waals surface area contributed by atoms with E-state index in [0.717, 1.165) is 10.6 Å². The van der Waals surface area contributed by atoms with Crippen molar-refractivity contribution in [3.8, 4) is 5.69 Å². The molecule has 0 aliphatic heterocycles. The van der Waals surface area contributed by atoms with Crippen LogP contribution in [-0.4, -0.2) is 10.4 Å². The van der Waals surface area contributed by atoms with E-state index in [0.29, 0.717) is 0 Å². The number of nitrogens with one attached hydrogen (secondary N) is 1. The minimum atomic E-state index is -0.909. The molecule has 0 radical (unpaired) electrons. The van der Waals surface area contributed by atoms with Gasteiger partial charge in [0.05, 0.1) is 5.69 Å². The van der Waals surface area contributed by atoms with Crippen LogP contribution in [-0.2, 0) is 0 Å². The van der Waals surface area contributed by atoms with Crippen LogP contribution in [0.2, 0.25) is 0 Å². The van der Waals surface area contributed by atoms with E-state index in [-0.39, 0.29) is 22.7 Å². The fourth-order valence-corrected chi connectivity index (χ4v) is 1.66. The Kier molecular flexibility index (Phi) is 3.41. The topological polar surface area (TPSA) is 51.1 Å². The molecule has 0 aliphatic rings. The van der Waals surface area contributed by atoms with Gasteiger partial charge < -0.3 is 0 Å². The molecule has 0 amide bonds. The van der Waals surface area contributed by atoms with Gasteiger partial charge in [-0.25, -0.2) is 9.93 Å². The minimum Gasteiger partial charge on any atom is -0.294 e. The van der Waals surface area contributed by atoms with Gasteiger partial charge in [-0.15, -0.1) is 4.48 Å². The highest BCUT2D eigenvalue weighted by Crippen LogP contribution is 2.20. The second-order valence-corrected chi connectivity index (χ2v) is 3.92. The quantitative estimate of drug-likeness (QED) is 0.684. The Hall–Kier alpha value is -2.50. The van der Waals surface area contributed by atoms with Crippen LogP contribution in [0.4, 0.5) is 14.6 Å². The zero-order valence-corrected chi connectivity index (χ0v) is 9.98. The maximum absolute atomic E-state index is 13.9. The second kappa shape index (κ2) is 5.01. The monoisotopic (exact) mass is 264 g/mol. The number of pyridine rings is 1. The zero-order valence-electron chi connectivity index (χ0n) is 9.98. The Morgan fingerprint density at radius 3 is 2.63 bits per heavy atom. The molecule has 1 heterocycles. The summed E-state index contributed by atoms with van der Waals surface area (Å²) in [5.74, 6) is -1.17. The number of rotatable bonds is 3. The molecule has 1 N–H and O–H groups in total. The van der Waals surface area contributed by atoms with Crippen LogP contribution >= 0.6 is 0 Å². The lowest BCUT2D eigenvalue weighted by Crippen LogP contribution is -2.19. The van der Waals surface area contributed by atoms with Crippen molar-refractivity contribution in [3.05, 3.63) is 58.3 Å². The zero-order chi connectivity index (χ0) is 14.0. The summed E-state index contributed by atoms with van der Waals surface area (Å²) in [5.41, 5.74) is 0.446. The fraction of sp³-hybridized carbons (Fsp3) is 0.0769. The van der Waals surface area contributed by atoms with Gasteiger partial charge >= 0.3 is 0 Å². The Morgan fingerprint density at radius 1 is 1.26 bits per heavy atom. The average molecular weight is 264 g/mol. The van der Waals surface area contributed by atoms with E-state index in [1.54, 1.807) is 0 Å².